The number of hydrogen-bond donors (Lipinski definition) is 1. The molecule has 0 spiro atoms. The van der Waals surface area contributed by atoms with Crippen LogP contribution in [0.25, 0.3) is 0 Å². The summed E-state index contributed by atoms with van der Waals surface area (Å²) in [5.74, 6) is 2.09. The average molecular weight is 235 g/mol. The highest BCUT2D eigenvalue weighted by Crippen LogP contribution is 2.29. The molecule has 96 valence electrons. The molecule has 2 heteroatoms. The Kier molecular flexibility index (Phi) is 6.06. The van der Waals surface area contributed by atoms with Gasteiger partial charge in [-0.2, -0.15) is 0 Å². The van der Waals surface area contributed by atoms with E-state index in [-0.39, 0.29) is 0 Å². The summed E-state index contributed by atoms with van der Waals surface area (Å²) in [5.41, 5.74) is 7.26. The van der Waals surface area contributed by atoms with Crippen molar-refractivity contribution >= 4 is 0 Å². The van der Waals surface area contributed by atoms with Crippen LogP contribution >= 0.6 is 0 Å². The highest BCUT2D eigenvalue weighted by Gasteiger charge is 2.18. The highest BCUT2D eigenvalue weighted by molar-refractivity contribution is 5.30. The smallest absolute Gasteiger partial charge is 0.119 e. The van der Waals surface area contributed by atoms with Gasteiger partial charge < -0.3 is 10.5 Å². The van der Waals surface area contributed by atoms with Gasteiger partial charge in [0.15, 0.2) is 0 Å². The second-order valence-corrected chi connectivity index (χ2v) is 4.42. The number of ether oxygens (including phenoxy) is 1. The van der Waals surface area contributed by atoms with Crippen LogP contribution in [0.5, 0.6) is 5.75 Å². The van der Waals surface area contributed by atoms with E-state index in [4.69, 9.17) is 10.5 Å². The second-order valence-electron chi connectivity index (χ2n) is 4.42. The number of nitrogens with two attached hydrogens (primary N) is 1. The van der Waals surface area contributed by atoms with Crippen molar-refractivity contribution in [2.24, 2.45) is 11.7 Å². The standard InChI is InChI=1S/C15H25NO/c1-4-12(5-2)15(11-16)13-7-9-14(10-8-13)17-6-3/h7-10,12,15H,4-6,11,16H2,1-3H3. The maximum atomic E-state index is 5.92. The third-order valence-corrected chi connectivity index (χ3v) is 3.49. The molecule has 0 aliphatic carbocycles. The van der Waals surface area contributed by atoms with Crippen LogP contribution in [0.2, 0.25) is 0 Å². The van der Waals surface area contributed by atoms with Gasteiger partial charge in [0.1, 0.15) is 5.75 Å². The fourth-order valence-electron chi connectivity index (χ4n) is 2.44. The maximum Gasteiger partial charge on any atom is 0.119 e. The summed E-state index contributed by atoms with van der Waals surface area (Å²) in [6.45, 7) is 7.92. The highest BCUT2D eigenvalue weighted by atomic mass is 16.5. The Hall–Kier alpha value is -1.02. The van der Waals surface area contributed by atoms with Crippen LogP contribution < -0.4 is 10.5 Å². The van der Waals surface area contributed by atoms with Crippen molar-refractivity contribution in [1.29, 1.82) is 0 Å². The van der Waals surface area contributed by atoms with Gasteiger partial charge in [0.25, 0.3) is 0 Å². The quantitative estimate of drug-likeness (QED) is 0.784. The largest absolute Gasteiger partial charge is 0.494 e. The fourth-order valence-corrected chi connectivity index (χ4v) is 2.44. The molecule has 1 atom stereocenters. The van der Waals surface area contributed by atoms with Gasteiger partial charge in [-0.25, -0.2) is 0 Å². The molecule has 2 nitrogen and oxygen atoms in total. The van der Waals surface area contributed by atoms with Crippen LogP contribution in [0.1, 0.15) is 45.1 Å². The van der Waals surface area contributed by atoms with Crippen LogP contribution in [0, 0.1) is 5.92 Å². The van der Waals surface area contributed by atoms with Crippen LogP contribution in [-0.4, -0.2) is 13.2 Å². The molecule has 17 heavy (non-hydrogen) atoms. The van der Waals surface area contributed by atoms with Gasteiger partial charge in [-0.05, 0) is 43.0 Å². The van der Waals surface area contributed by atoms with E-state index in [1.54, 1.807) is 0 Å². The molecule has 1 aromatic rings. The molecule has 1 aromatic carbocycles. The summed E-state index contributed by atoms with van der Waals surface area (Å²) in [6.07, 6.45) is 2.37. The summed E-state index contributed by atoms with van der Waals surface area (Å²) < 4.78 is 5.46. The van der Waals surface area contributed by atoms with Crippen molar-refractivity contribution in [3.63, 3.8) is 0 Å². The number of hydrogen-bond acceptors (Lipinski definition) is 2. The SMILES string of the molecule is CCOc1ccc(C(CN)C(CC)CC)cc1. The Labute approximate surface area is 105 Å². The van der Waals surface area contributed by atoms with Gasteiger partial charge in [0.2, 0.25) is 0 Å². The van der Waals surface area contributed by atoms with E-state index in [1.807, 2.05) is 19.1 Å². The van der Waals surface area contributed by atoms with Crippen LogP contribution in [-0.2, 0) is 0 Å². The normalized spacial score (nSPS) is 12.8. The van der Waals surface area contributed by atoms with Crippen molar-refractivity contribution in [3.05, 3.63) is 29.8 Å². The molecule has 1 unspecified atom stereocenters. The van der Waals surface area contributed by atoms with Crippen molar-refractivity contribution in [3.8, 4) is 5.75 Å². The lowest BCUT2D eigenvalue weighted by molar-refractivity contribution is 0.339. The summed E-state index contributed by atoms with van der Waals surface area (Å²) >= 11 is 0. The molecule has 0 aliphatic rings. The first-order valence-corrected chi connectivity index (χ1v) is 6.69. The molecule has 0 saturated heterocycles. The molecule has 0 bridgehead atoms. The van der Waals surface area contributed by atoms with Gasteiger partial charge in [0, 0.05) is 0 Å². The molecule has 0 heterocycles. The first-order valence-electron chi connectivity index (χ1n) is 6.69. The topological polar surface area (TPSA) is 35.2 Å². The molecule has 2 N–H and O–H groups in total. The zero-order valence-electron chi connectivity index (χ0n) is 11.3. The van der Waals surface area contributed by atoms with Crippen molar-refractivity contribution < 1.29 is 4.74 Å². The lowest BCUT2D eigenvalue weighted by atomic mass is 9.83. The summed E-state index contributed by atoms with van der Waals surface area (Å²) in [6, 6.07) is 8.40. The number of benzene rings is 1. The maximum absolute atomic E-state index is 5.92. The fraction of sp³-hybridized carbons (Fsp3) is 0.600. The van der Waals surface area contributed by atoms with E-state index >= 15 is 0 Å². The molecule has 0 saturated carbocycles. The first kappa shape index (κ1) is 14.0. The minimum Gasteiger partial charge on any atom is -0.494 e. The predicted octanol–water partition coefficient (Wildman–Crippen LogP) is 3.56. The average Bonchev–Trinajstić information content (AvgIpc) is 2.37. The number of rotatable bonds is 7. The molecule has 0 aromatic heterocycles. The minimum absolute atomic E-state index is 0.473. The lowest BCUT2D eigenvalue weighted by Crippen LogP contribution is -2.20. The summed E-state index contributed by atoms with van der Waals surface area (Å²) in [4.78, 5) is 0. The van der Waals surface area contributed by atoms with E-state index in [0.29, 0.717) is 18.4 Å². The van der Waals surface area contributed by atoms with Gasteiger partial charge in [0.05, 0.1) is 6.61 Å². The molecule has 0 fully saturated rings. The Morgan fingerprint density at radius 2 is 1.65 bits per heavy atom. The van der Waals surface area contributed by atoms with Crippen molar-refractivity contribution in [2.75, 3.05) is 13.2 Å². The van der Waals surface area contributed by atoms with Gasteiger partial charge in [-0.15, -0.1) is 0 Å². The van der Waals surface area contributed by atoms with Crippen LogP contribution in [0.15, 0.2) is 24.3 Å². The Balaban J connectivity index is 2.81. The third kappa shape index (κ3) is 3.74. The molecular formula is C15H25NO. The van der Waals surface area contributed by atoms with Crippen molar-refractivity contribution in [1.82, 2.24) is 0 Å². The first-order chi connectivity index (χ1) is 8.26. The zero-order chi connectivity index (χ0) is 12.7. The zero-order valence-corrected chi connectivity index (χ0v) is 11.3. The van der Waals surface area contributed by atoms with E-state index < -0.39 is 0 Å². The Morgan fingerprint density at radius 3 is 2.06 bits per heavy atom. The Morgan fingerprint density at radius 1 is 1.06 bits per heavy atom. The molecular weight excluding hydrogens is 210 g/mol. The summed E-state index contributed by atoms with van der Waals surface area (Å²) in [5, 5.41) is 0. The molecule has 1 rings (SSSR count). The predicted molar refractivity (Wildman–Crippen MR) is 73.5 cm³/mol. The molecule has 0 aliphatic heterocycles. The van der Waals surface area contributed by atoms with Crippen LogP contribution in [0.4, 0.5) is 0 Å². The lowest BCUT2D eigenvalue weighted by Gasteiger charge is -2.24. The summed E-state index contributed by atoms with van der Waals surface area (Å²) in [7, 11) is 0. The molecule has 0 radical (unpaired) electrons. The van der Waals surface area contributed by atoms with Gasteiger partial charge in [-0.1, -0.05) is 38.8 Å². The van der Waals surface area contributed by atoms with E-state index in [0.717, 1.165) is 12.3 Å². The van der Waals surface area contributed by atoms with Gasteiger partial charge in [-0.3, -0.25) is 0 Å². The van der Waals surface area contributed by atoms with Crippen molar-refractivity contribution in [2.45, 2.75) is 39.5 Å². The minimum atomic E-state index is 0.473. The van der Waals surface area contributed by atoms with E-state index in [1.165, 1.54) is 18.4 Å². The third-order valence-electron chi connectivity index (χ3n) is 3.49. The van der Waals surface area contributed by atoms with Gasteiger partial charge >= 0.3 is 0 Å². The van der Waals surface area contributed by atoms with Crippen LogP contribution in [0.3, 0.4) is 0 Å². The van der Waals surface area contributed by atoms with E-state index in [9.17, 15) is 0 Å². The van der Waals surface area contributed by atoms with E-state index in [2.05, 4.69) is 26.0 Å². The Bertz CT molecular complexity index is 303. The second kappa shape index (κ2) is 7.33. The molecule has 0 amide bonds. The monoisotopic (exact) mass is 235 g/mol.